The van der Waals surface area contributed by atoms with Gasteiger partial charge in [0.1, 0.15) is 0 Å². The van der Waals surface area contributed by atoms with Crippen molar-refractivity contribution in [1.29, 1.82) is 0 Å². The second kappa shape index (κ2) is 6.28. The number of benzene rings is 1. The highest BCUT2D eigenvalue weighted by Gasteiger charge is 2.40. The Balaban J connectivity index is 1.68. The van der Waals surface area contributed by atoms with Gasteiger partial charge >= 0.3 is 0 Å². The maximum absolute atomic E-state index is 3.69. The Morgan fingerprint density at radius 1 is 1.15 bits per heavy atom. The van der Waals surface area contributed by atoms with E-state index in [1.54, 1.807) is 0 Å². The molecule has 2 saturated heterocycles. The van der Waals surface area contributed by atoms with Crippen LogP contribution in [-0.2, 0) is 6.54 Å². The van der Waals surface area contributed by atoms with Gasteiger partial charge in [-0.05, 0) is 42.3 Å². The molecule has 2 aliphatic rings. The lowest BCUT2D eigenvalue weighted by molar-refractivity contribution is 0.217. The minimum absolute atomic E-state index is 0.826. The Kier molecular flexibility index (Phi) is 4.42. The summed E-state index contributed by atoms with van der Waals surface area (Å²) >= 11 is 0. The molecular weight excluding hydrogens is 244 g/mol. The predicted molar refractivity (Wildman–Crippen MR) is 84.5 cm³/mol. The van der Waals surface area contributed by atoms with Crippen LogP contribution in [0.5, 0.6) is 0 Å². The zero-order valence-corrected chi connectivity index (χ0v) is 12.9. The third-order valence-corrected chi connectivity index (χ3v) is 5.44. The van der Waals surface area contributed by atoms with Crippen LogP contribution in [0.4, 0.5) is 0 Å². The minimum Gasteiger partial charge on any atom is -0.316 e. The third kappa shape index (κ3) is 2.91. The molecule has 3 rings (SSSR count). The van der Waals surface area contributed by atoms with Gasteiger partial charge in [0.25, 0.3) is 0 Å². The second-order valence-corrected chi connectivity index (χ2v) is 6.81. The third-order valence-electron chi connectivity index (χ3n) is 5.44. The van der Waals surface area contributed by atoms with Crippen molar-refractivity contribution in [3.05, 3.63) is 35.9 Å². The van der Waals surface area contributed by atoms with E-state index in [0.717, 1.165) is 30.2 Å². The molecule has 20 heavy (non-hydrogen) atoms. The first-order valence-electron chi connectivity index (χ1n) is 8.25. The quantitative estimate of drug-likeness (QED) is 0.910. The van der Waals surface area contributed by atoms with Crippen LogP contribution in [0.1, 0.15) is 25.8 Å². The Labute approximate surface area is 123 Å². The van der Waals surface area contributed by atoms with Crippen LogP contribution in [0.15, 0.2) is 30.3 Å². The zero-order valence-electron chi connectivity index (χ0n) is 12.9. The van der Waals surface area contributed by atoms with Gasteiger partial charge in [0, 0.05) is 19.6 Å². The number of likely N-dealkylation sites (tertiary alicyclic amines) is 1. The summed E-state index contributed by atoms with van der Waals surface area (Å²) in [4.78, 5) is 2.67. The first-order chi connectivity index (χ1) is 9.78. The summed E-state index contributed by atoms with van der Waals surface area (Å²) in [6, 6.07) is 10.9. The topological polar surface area (TPSA) is 15.3 Å². The van der Waals surface area contributed by atoms with Gasteiger partial charge in [-0.2, -0.15) is 0 Å². The molecule has 110 valence electrons. The van der Waals surface area contributed by atoms with E-state index in [1.165, 1.54) is 38.2 Å². The monoisotopic (exact) mass is 272 g/mol. The molecule has 0 amide bonds. The van der Waals surface area contributed by atoms with Crippen LogP contribution in [0.3, 0.4) is 0 Å². The molecule has 2 nitrogen and oxygen atoms in total. The van der Waals surface area contributed by atoms with Gasteiger partial charge in [-0.3, -0.25) is 4.90 Å². The molecule has 2 heteroatoms. The summed E-state index contributed by atoms with van der Waals surface area (Å²) in [5.41, 5.74) is 1.46. The van der Waals surface area contributed by atoms with Crippen LogP contribution in [-0.4, -0.2) is 31.1 Å². The first kappa shape index (κ1) is 14.1. The van der Waals surface area contributed by atoms with Crippen molar-refractivity contribution in [2.75, 3.05) is 26.2 Å². The normalized spacial score (nSPS) is 34.7. The number of fused-ring (bicyclic) bond motifs is 1. The molecule has 4 unspecified atom stereocenters. The van der Waals surface area contributed by atoms with Crippen molar-refractivity contribution in [2.45, 2.75) is 26.8 Å². The lowest BCUT2D eigenvalue weighted by Crippen LogP contribution is -2.28. The van der Waals surface area contributed by atoms with Gasteiger partial charge in [0.05, 0.1) is 0 Å². The van der Waals surface area contributed by atoms with Crippen molar-refractivity contribution in [1.82, 2.24) is 10.2 Å². The number of hydrogen-bond donors (Lipinski definition) is 1. The molecule has 0 saturated carbocycles. The van der Waals surface area contributed by atoms with E-state index in [1.807, 2.05) is 0 Å². The van der Waals surface area contributed by atoms with E-state index >= 15 is 0 Å². The standard InChI is InChI=1S/C18H28N2/c1-3-17-14(2)9-19-10-16-12-20(13-18(16)17)11-15-7-5-4-6-8-15/h4-8,14,16-19H,3,9-13H2,1-2H3. The SMILES string of the molecule is CCC1C(C)CNCC2CN(Cc3ccccc3)CC21. The van der Waals surface area contributed by atoms with Crippen molar-refractivity contribution < 1.29 is 0 Å². The first-order valence-corrected chi connectivity index (χ1v) is 8.25. The fraction of sp³-hybridized carbons (Fsp3) is 0.667. The van der Waals surface area contributed by atoms with Crippen LogP contribution in [0, 0.1) is 23.7 Å². The average molecular weight is 272 g/mol. The van der Waals surface area contributed by atoms with Gasteiger partial charge in [-0.1, -0.05) is 50.6 Å². The largest absolute Gasteiger partial charge is 0.316 e. The molecule has 0 aromatic heterocycles. The van der Waals surface area contributed by atoms with Gasteiger partial charge in [0.2, 0.25) is 0 Å². The number of rotatable bonds is 3. The lowest BCUT2D eigenvalue weighted by Gasteiger charge is -2.28. The fourth-order valence-electron chi connectivity index (χ4n) is 4.44. The molecule has 0 radical (unpaired) electrons. The Hall–Kier alpha value is -0.860. The minimum atomic E-state index is 0.826. The molecule has 4 atom stereocenters. The summed E-state index contributed by atoms with van der Waals surface area (Å²) in [6.45, 7) is 10.9. The number of nitrogens with zero attached hydrogens (tertiary/aromatic N) is 1. The lowest BCUT2D eigenvalue weighted by atomic mass is 9.77. The number of hydrogen-bond acceptors (Lipinski definition) is 2. The Morgan fingerprint density at radius 2 is 1.95 bits per heavy atom. The van der Waals surface area contributed by atoms with Gasteiger partial charge in [0.15, 0.2) is 0 Å². The molecule has 2 heterocycles. The van der Waals surface area contributed by atoms with E-state index in [2.05, 4.69) is 54.4 Å². The van der Waals surface area contributed by atoms with E-state index < -0.39 is 0 Å². The molecule has 2 aliphatic heterocycles. The number of nitrogens with one attached hydrogen (secondary N) is 1. The van der Waals surface area contributed by atoms with Crippen LogP contribution in [0.2, 0.25) is 0 Å². The zero-order chi connectivity index (χ0) is 13.9. The summed E-state index contributed by atoms with van der Waals surface area (Å²) < 4.78 is 0. The van der Waals surface area contributed by atoms with Gasteiger partial charge < -0.3 is 5.32 Å². The van der Waals surface area contributed by atoms with Gasteiger partial charge in [-0.25, -0.2) is 0 Å². The van der Waals surface area contributed by atoms with Crippen molar-refractivity contribution in [3.8, 4) is 0 Å². The Bertz CT molecular complexity index is 417. The van der Waals surface area contributed by atoms with Gasteiger partial charge in [-0.15, -0.1) is 0 Å². The van der Waals surface area contributed by atoms with Crippen molar-refractivity contribution in [2.24, 2.45) is 23.7 Å². The van der Waals surface area contributed by atoms with E-state index in [4.69, 9.17) is 0 Å². The fourth-order valence-corrected chi connectivity index (χ4v) is 4.44. The summed E-state index contributed by atoms with van der Waals surface area (Å²) in [5, 5.41) is 3.69. The molecule has 0 spiro atoms. The maximum Gasteiger partial charge on any atom is 0.0233 e. The van der Waals surface area contributed by atoms with Crippen molar-refractivity contribution in [3.63, 3.8) is 0 Å². The second-order valence-electron chi connectivity index (χ2n) is 6.81. The summed E-state index contributed by atoms with van der Waals surface area (Å²) in [6.07, 6.45) is 1.34. The molecule has 1 aromatic carbocycles. The average Bonchev–Trinajstić information content (AvgIpc) is 2.77. The van der Waals surface area contributed by atoms with Crippen LogP contribution >= 0.6 is 0 Å². The highest BCUT2D eigenvalue weighted by atomic mass is 15.2. The summed E-state index contributed by atoms with van der Waals surface area (Å²) in [7, 11) is 0. The molecule has 2 fully saturated rings. The highest BCUT2D eigenvalue weighted by Crippen LogP contribution is 2.37. The predicted octanol–water partition coefficient (Wildman–Crippen LogP) is 3.00. The smallest absolute Gasteiger partial charge is 0.0233 e. The van der Waals surface area contributed by atoms with E-state index in [9.17, 15) is 0 Å². The molecule has 0 bridgehead atoms. The molecule has 1 N–H and O–H groups in total. The van der Waals surface area contributed by atoms with Crippen molar-refractivity contribution >= 4 is 0 Å². The van der Waals surface area contributed by atoms with Crippen LogP contribution < -0.4 is 5.32 Å². The molecule has 0 aliphatic carbocycles. The Morgan fingerprint density at radius 3 is 2.70 bits per heavy atom. The molecule has 1 aromatic rings. The van der Waals surface area contributed by atoms with E-state index in [0.29, 0.717) is 0 Å². The van der Waals surface area contributed by atoms with E-state index in [-0.39, 0.29) is 0 Å². The summed E-state index contributed by atoms with van der Waals surface area (Å²) in [5.74, 6) is 3.48. The molecular formula is C18H28N2. The highest BCUT2D eigenvalue weighted by molar-refractivity contribution is 5.14. The maximum atomic E-state index is 3.69. The van der Waals surface area contributed by atoms with Crippen LogP contribution in [0.25, 0.3) is 0 Å².